The van der Waals surface area contributed by atoms with Gasteiger partial charge in [0.2, 0.25) is 5.88 Å². The Balaban J connectivity index is 2.84. The third kappa shape index (κ3) is 2.85. The molecule has 0 radical (unpaired) electrons. The van der Waals surface area contributed by atoms with Crippen molar-refractivity contribution in [3.63, 3.8) is 0 Å². The molecule has 3 N–H and O–H groups in total. The summed E-state index contributed by atoms with van der Waals surface area (Å²) < 4.78 is 5.09. The molecule has 1 rings (SSSR count). The van der Waals surface area contributed by atoms with Crippen LogP contribution in [0, 0.1) is 0 Å². The van der Waals surface area contributed by atoms with Gasteiger partial charge in [0, 0.05) is 12.6 Å². The number of hydrogen-bond donors (Lipinski definition) is 2. The van der Waals surface area contributed by atoms with E-state index in [1.54, 1.807) is 7.11 Å². The van der Waals surface area contributed by atoms with E-state index < -0.39 is 0 Å². The van der Waals surface area contributed by atoms with E-state index in [1.165, 1.54) is 0 Å². The van der Waals surface area contributed by atoms with Gasteiger partial charge in [-0.15, -0.1) is 0 Å². The summed E-state index contributed by atoms with van der Waals surface area (Å²) in [7, 11) is 1.61. The Bertz CT molecular complexity index is 316. The van der Waals surface area contributed by atoms with Crippen LogP contribution in [0.2, 0.25) is 0 Å². The lowest BCUT2D eigenvalue weighted by Crippen LogP contribution is -2.44. The van der Waals surface area contributed by atoms with Crippen molar-refractivity contribution in [3.8, 4) is 5.88 Å². The molecule has 0 unspecified atom stereocenters. The highest BCUT2D eigenvalue weighted by atomic mass is 16.5. The van der Waals surface area contributed by atoms with Gasteiger partial charge >= 0.3 is 0 Å². The Morgan fingerprint density at radius 2 is 2.06 bits per heavy atom. The lowest BCUT2D eigenvalue weighted by molar-refractivity contribution is 0.396. The number of pyridine rings is 1. The average molecular weight is 223 g/mol. The van der Waals surface area contributed by atoms with Crippen LogP contribution >= 0.6 is 0 Å². The first-order valence-electron chi connectivity index (χ1n) is 5.69. The van der Waals surface area contributed by atoms with Gasteiger partial charge in [-0.1, -0.05) is 19.9 Å². The third-order valence-corrected chi connectivity index (χ3v) is 3.07. The number of hydrogen-bond acceptors (Lipinski definition) is 4. The van der Waals surface area contributed by atoms with Crippen LogP contribution in [0.3, 0.4) is 0 Å². The van der Waals surface area contributed by atoms with Gasteiger partial charge in [0.25, 0.3) is 0 Å². The molecule has 0 aliphatic heterocycles. The molecule has 90 valence electrons. The van der Waals surface area contributed by atoms with Crippen LogP contribution in [0.5, 0.6) is 5.88 Å². The molecule has 0 aliphatic rings. The monoisotopic (exact) mass is 223 g/mol. The van der Waals surface area contributed by atoms with Gasteiger partial charge in [0.05, 0.1) is 12.6 Å². The smallest absolute Gasteiger partial charge is 0.214 e. The summed E-state index contributed by atoms with van der Waals surface area (Å²) in [4.78, 5) is 4.33. The van der Waals surface area contributed by atoms with Crippen LogP contribution in [0.4, 0.5) is 5.82 Å². The summed E-state index contributed by atoms with van der Waals surface area (Å²) in [6.07, 6.45) is 1.94. The van der Waals surface area contributed by atoms with Gasteiger partial charge in [0.1, 0.15) is 5.82 Å². The Kier molecular flexibility index (Phi) is 4.55. The molecule has 1 aromatic rings. The van der Waals surface area contributed by atoms with Gasteiger partial charge in [-0.25, -0.2) is 0 Å². The number of aromatic nitrogens is 1. The predicted octanol–water partition coefficient (Wildman–Crippen LogP) is 2.02. The number of nitrogens with zero attached hydrogens (tertiary/aromatic N) is 1. The van der Waals surface area contributed by atoms with Crippen LogP contribution in [0.25, 0.3) is 0 Å². The van der Waals surface area contributed by atoms with E-state index in [0.29, 0.717) is 12.4 Å². The van der Waals surface area contributed by atoms with Crippen molar-refractivity contribution < 1.29 is 4.74 Å². The summed E-state index contributed by atoms with van der Waals surface area (Å²) in [5.74, 6) is 1.43. The second-order valence-corrected chi connectivity index (χ2v) is 3.88. The van der Waals surface area contributed by atoms with Crippen LogP contribution in [-0.2, 0) is 0 Å². The minimum Gasteiger partial charge on any atom is -0.481 e. The number of nitrogens with two attached hydrogens (primary N) is 1. The number of nitrogens with one attached hydrogen (secondary N) is 1. The fourth-order valence-electron chi connectivity index (χ4n) is 1.64. The Labute approximate surface area is 97.2 Å². The standard InChI is InChI=1S/C12H21N3O/c1-4-12(5-2,9-13)15-10-7-6-8-11(14-10)16-3/h6-8H,4-5,9,13H2,1-3H3,(H,14,15). The van der Waals surface area contributed by atoms with Crippen molar-refractivity contribution in [3.05, 3.63) is 18.2 Å². The van der Waals surface area contributed by atoms with Gasteiger partial charge in [-0.3, -0.25) is 0 Å². The molecular formula is C12H21N3O. The van der Waals surface area contributed by atoms with Crippen molar-refractivity contribution in [1.29, 1.82) is 0 Å². The highest BCUT2D eigenvalue weighted by molar-refractivity contribution is 5.40. The molecule has 0 aromatic carbocycles. The lowest BCUT2D eigenvalue weighted by Gasteiger charge is -2.32. The van der Waals surface area contributed by atoms with E-state index in [4.69, 9.17) is 10.5 Å². The lowest BCUT2D eigenvalue weighted by atomic mass is 9.93. The largest absolute Gasteiger partial charge is 0.481 e. The Morgan fingerprint density at radius 1 is 1.38 bits per heavy atom. The molecule has 0 aliphatic carbocycles. The fourth-order valence-corrected chi connectivity index (χ4v) is 1.64. The van der Waals surface area contributed by atoms with Crippen LogP contribution in [0.15, 0.2) is 18.2 Å². The molecule has 0 saturated heterocycles. The van der Waals surface area contributed by atoms with Gasteiger partial charge < -0.3 is 15.8 Å². The van der Waals surface area contributed by atoms with Crippen molar-refractivity contribution in [2.45, 2.75) is 32.2 Å². The summed E-state index contributed by atoms with van der Waals surface area (Å²) in [5.41, 5.74) is 5.76. The average Bonchev–Trinajstić information content (AvgIpc) is 2.36. The first kappa shape index (κ1) is 12.8. The highest BCUT2D eigenvalue weighted by Crippen LogP contribution is 2.21. The molecule has 4 nitrogen and oxygen atoms in total. The first-order chi connectivity index (χ1) is 7.69. The highest BCUT2D eigenvalue weighted by Gasteiger charge is 2.24. The van der Waals surface area contributed by atoms with Gasteiger partial charge in [0.15, 0.2) is 0 Å². The summed E-state index contributed by atoms with van der Waals surface area (Å²) >= 11 is 0. The number of methoxy groups -OCH3 is 1. The molecule has 0 bridgehead atoms. The molecular weight excluding hydrogens is 202 g/mol. The van der Waals surface area contributed by atoms with E-state index in [-0.39, 0.29) is 5.54 Å². The molecule has 1 heterocycles. The maximum atomic E-state index is 5.83. The fraction of sp³-hybridized carbons (Fsp3) is 0.583. The second kappa shape index (κ2) is 5.70. The minimum absolute atomic E-state index is 0.0701. The predicted molar refractivity (Wildman–Crippen MR) is 66.8 cm³/mol. The maximum Gasteiger partial charge on any atom is 0.214 e. The van der Waals surface area contributed by atoms with Crippen LogP contribution < -0.4 is 15.8 Å². The normalized spacial score (nSPS) is 11.2. The number of anilines is 1. The van der Waals surface area contributed by atoms with E-state index in [0.717, 1.165) is 18.7 Å². The van der Waals surface area contributed by atoms with Gasteiger partial charge in [-0.05, 0) is 18.9 Å². The zero-order valence-corrected chi connectivity index (χ0v) is 10.3. The molecule has 0 amide bonds. The molecule has 0 saturated carbocycles. The quantitative estimate of drug-likeness (QED) is 0.774. The molecule has 1 aromatic heterocycles. The minimum atomic E-state index is -0.0701. The van der Waals surface area contributed by atoms with E-state index in [9.17, 15) is 0 Å². The van der Waals surface area contributed by atoms with E-state index in [1.807, 2.05) is 18.2 Å². The number of rotatable bonds is 6. The van der Waals surface area contributed by atoms with Gasteiger partial charge in [-0.2, -0.15) is 4.98 Å². The zero-order chi connectivity index (χ0) is 12.0. The molecule has 4 heteroatoms. The molecule has 16 heavy (non-hydrogen) atoms. The summed E-state index contributed by atoms with van der Waals surface area (Å²) in [5, 5.41) is 3.40. The number of ether oxygens (including phenoxy) is 1. The molecule has 0 atom stereocenters. The maximum absolute atomic E-state index is 5.83. The summed E-state index contributed by atoms with van der Waals surface area (Å²) in [6.45, 7) is 4.85. The first-order valence-corrected chi connectivity index (χ1v) is 5.69. The Hall–Kier alpha value is -1.29. The topological polar surface area (TPSA) is 60.2 Å². The molecule has 0 fully saturated rings. The SMILES string of the molecule is CCC(CC)(CN)Nc1cccc(OC)n1. The van der Waals surface area contributed by atoms with E-state index >= 15 is 0 Å². The molecule has 0 spiro atoms. The van der Waals surface area contributed by atoms with Crippen LogP contribution in [-0.4, -0.2) is 24.2 Å². The summed E-state index contributed by atoms with van der Waals surface area (Å²) in [6, 6.07) is 5.67. The Morgan fingerprint density at radius 3 is 2.56 bits per heavy atom. The third-order valence-electron chi connectivity index (χ3n) is 3.07. The van der Waals surface area contributed by atoms with Crippen molar-refractivity contribution in [1.82, 2.24) is 4.98 Å². The zero-order valence-electron chi connectivity index (χ0n) is 10.3. The van der Waals surface area contributed by atoms with Crippen LogP contribution in [0.1, 0.15) is 26.7 Å². The van der Waals surface area contributed by atoms with Crippen molar-refractivity contribution >= 4 is 5.82 Å². The second-order valence-electron chi connectivity index (χ2n) is 3.88. The van der Waals surface area contributed by atoms with Crippen molar-refractivity contribution in [2.24, 2.45) is 5.73 Å². The van der Waals surface area contributed by atoms with E-state index in [2.05, 4.69) is 24.1 Å². The van der Waals surface area contributed by atoms with Crippen molar-refractivity contribution in [2.75, 3.05) is 19.0 Å².